The van der Waals surface area contributed by atoms with E-state index in [1.54, 1.807) is 25.3 Å². The molecule has 2 aromatic heterocycles. The molecule has 0 N–H and O–H groups in total. The van der Waals surface area contributed by atoms with E-state index in [0.29, 0.717) is 10.0 Å². The van der Waals surface area contributed by atoms with Crippen LogP contribution in [0.25, 0.3) is 10.6 Å². The predicted octanol–water partition coefficient (Wildman–Crippen LogP) is 2.99. The lowest BCUT2D eigenvalue weighted by atomic mass is 10.3. The SMILES string of the molecule is COOSc1nccc(-c2ccc(C(C)=O)s2)n1. The summed E-state index contributed by atoms with van der Waals surface area (Å²) in [5.74, 6) is 0.0534. The Morgan fingerprint density at radius 3 is 2.89 bits per heavy atom. The number of ketones is 1. The van der Waals surface area contributed by atoms with Crippen LogP contribution in [0.3, 0.4) is 0 Å². The van der Waals surface area contributed by atoms with Crippen LogP contribution in [0.2, 0.25) is 0 Å². The summed E-state index contributed by atoms with van der Waals surface area (Å²) < 4.78 is 4.69. The molecular formula is C11H10N2O3S2. The third-order valence-corrected chi connectivity index (χ3v) is 3.77. The minimum Gasteiger partial charge on any atom is -0.294 e. The molecule has 94 valence electrons. The Morgan fingerprint density at radius 1 is 1.39 bits per heavy atom. The first-order chi connectivity index (χ1) is 8.70. The zero-order chi connectivity index (χ0) is 13.0. The van der Waals surface area contributed by atoms with Gasteiger partial charge in [0.05, 0.1) is 22.6 Å². The Bertz CT molecular complexity index is 557. The number of Topliss-reactive ketones (excluding diaryl/α,β-unsaturated/α-hetero) is 1. The number of nitrogens with zero attached hydrogens (tertiary/aromatic N) is 2. The van der Waals surface area contributed by atoms with Crippen molar-refractivity contribution in [3.05, 3.63) is 29.3 Å². The second-order valence-corrected chi connectivity index (χ2v) is 5.01. The molecule has 0 aromatic carbocycles. The summed E-state index contributed by atoms with van der Waals surface area (Å²) in [5, 5.41) is 0.451. The Labute approximate surface area is 112 Å². The van der Waals surface area contributed by atoms with Crippen molar-refractivity contribution in [1.29, 1.82) is 0 Å². The van der Waals surface area contributed by atoms with Crippen LogP contribution in [0.4, 0.5) is 0 Å². The Hall–Kier alpha value is -1.28. The number of rotatable bonds is 5. The molecule has 0 fully saturated rings. The van der Waals surface area contributed by atoms with E-state index in [4.69, 9.17) is 4.33 Å². The van der Waals surface area contributed by atoms with E-state index in [1.807, 2.05) is 6.07 Å². The van der Waals surface area contributed by atoms with Gasteiger partial charge in [-0.1, -0.05) is 0 Å². The van der Waals surface area contributed by atoms with Crippen molar-refractivity contribution in [2.45, 2.75) is 12.1 Å². The van der Waals surface area contributed by atoms with Crippen molar-refractivity contribution < 1.29 is 14.0 Å². The number of hydrogen-bond acceptors (Lipinski definition) is 7. The topological polar surface area (TPSA) is 61.3 Å². The maximum atomic E-state index is 11.2. The summed E-state index contributed by atoms with van der Waals surface area (Å²) in [6.07, 6.45) is 1.64. The van der Waals surface area contributed by atoms with Crippen LogP contribution in [0, 0.1) is 0 Å². The molecule has 0 aliphatic rings. The van der Waals surface area contributed by atoms with E-state index in [2.05, 4.69) is 14.9 Å². The number of carbonyl (C=O) groups excluding carboxylic acids is 1. The van der Waals surface area contributed by atoms with E-state index in [9.17, 15) is 4.79 Å². The first kappa shape index (κ1) is 13.2. The highest BCUT2D eigenvalue weighted by molar-refractivity contribution is 7.94. The van der Waals surface area contributed by atoms with Gasteiger partial charge in [0.2, 0.25) is 5.16 Å². The van der Waals surface area contributed by atoms with E-state index in [0.717, 1.165) is 22.6 Å². The highest BCUT2D eigenvalue weighted by Crippen LogP contribution is 2.28. The van der Waals surface area contributed by atoms with Gasteiger partial charge in [-0.15, -0.1) is 11.3 Å². The number of thiophene rings is 1. The van der Waals surface area contributed by atoms with Crippen LogP contribution in [-0.2, 0) is 9.22 Å². The molecule has 0 amide bonds. The van der Waals surface area contributed by atoms with Gasteiger partial charge in [0.15, 0.2) is 5.78 Å². The fraction of sp³-hybridized carbons (Fsp3) is 0.182. The van der Waals surface area contributed by atoms with Crippen LogP contribution in [0.1, 0.15) is 16.6 Å². The normalized spacial score (nSPS) is 10.6. The molecule has 18 heavy (non-hydrogen) atoms. The Morgan fingerprint density at radius 2 is 2.22 bits per heavy atom. The zero-order valence-corrected chi connectivity index (χ0v) is 11.4. The van der Waals surface area contributed by atoms with Crippen LogP contribution in [-0.4, -0.2) is 22.9 Å². The third kappa shape index (κ3) is 3.14. The van der Waals surface area contributed by atoms with Crippen molar-refractivity contribution in [2.24, 2.45) is 0 Å². The van der Waals surface area contributed by atoms with E-state index >= 15 is 0 Å². The molecule has 2 aromatic rings. The number of aromatic nitrogens is 2. The molecule has 0 aliphatic heterocycles. The first-order valence-electron chi connectivity index (χ1n) is 5.02. The highest BCUT2D eigenvalue weighted by Gasteiger charge is 2.09. The summed E-state index contributed by atoms with van der Waals surface area (Å²) in [5.41, 5.74) is 0.754. The van der Waals surface area contributed by atoms with Crippen LogP contribution in [0.15, 0.2) is 29.6 Å². The van der Waals surface area contributed by atoms with Crippen molar-refractivity contribution in [1.82, 2.24) is 9.97 Å². The predicted molar refractivity (Wildman–Crippen MR) is 69.3 cm³/mol. The van der Waals surface area contributed by atoms with Crippen LogP contribution >= 0.6 is 23.4 Å². The summed E-state index contributed by atoms with van der Waals surface area (Å²) in [7, 11) is 1.41. The second kappa shape index (κ2) is 6.05. The van der Waals surface area contributed by atoms with Gasteiger partial charge in [-0.25, -0.2) is 14.9 Å². The summed E-state index contributed by atoms with van der Waals surface area (Å²) in [6, 6.07) is 5.45. The maximum Gasteiger partial charge on any atom is 0.218 e. The lowest BCUT2D eigenvalue weighted by Crippen LogP contribution is -1.89. The molecule has 0 aliphatic carbocycles. The average molecular weight is 282 g/mol. The monoisotopic (exact) mass is 282 g/mol. The van der Waals surface area contributed by atoms with E-state index in [-0.39, 0.29) is 5.78 Å². The quantitative estimate of drug-likeness (QED) is 0.276. The molecule has 0 unspecified atom stereocenters. The van der Waals surface area contributed by atoms with Gasteiger partial charge in [0.1, 0.15) is 12.0 Å². The van der Waals surface area contributed by atoms with E-state index < -0.39 is 0 Å². The standard InChI is InChI=1S/C11H10N2O3S2/c1-7(14)9-3-4-10(17-9)8-5-6-12-11(13-8)18-16-15-2/h3-6H,1-2H3. The average Bonchev–Trinajstić information content (AvgIpc) is 2.86. The highest BCUT2D eigenvalue weighted by atomic mass is 32.2. The first-order valence-corrected chi connectivity index (χ1v) is 6.58. The molecule has 0 spiro atoms. The largest absolute Gasteiger partial charge is 0.294 e. The Kier molecular flexibility index (Phi) is 4.43. The minimum atomic E-state index is 0.0534. The summed E-state index contributed by atoms with van der Waals surface area (Å²) in [6.45, 7) is 1.54. The molecule has 0 atom stereocenters. The van der Waals surface area contributed by atoms with Crippen LogP contribution < -0.4 is 0 Å². The lowest BCUT2D eigenvalue weighted by Gasteiger charge is -1.99. The van der Waals surface area contributed by atoms with Gasteiger partial charge in [-0.05, 0) is 25.1 Å². The second-order valence-electron chi connectivity index (χ2n) is 3.26. The van der Waals surface area contributed by atoms with Gasteiger partial charge in [0, 0.05) is 6.20 Å². The smallest absolute Gasteiger partial charge is 0.218 e. The van der Waals surface area contributed by atoms with Gasteiger partial charge < -0.3 is 0 Å². The molecule has 5 nitrogen and oxygen atoms in total. The summed E-state index contributed by atoms with van der Waals surface area (Å²) in [4.78, 5) is 25.7. The number of carbonyl (C=O) groups is 1. The Balaban J connectivity index is 2.23. The van der Waals surface area contributed by atoms with Crippen molar-refractivity contribution in [2.75, 3.05) is 7.11 Å². The molecule has 2 rings (SSSR count). The summed E-state index contributed by atoms with van der Waals surface area (Å²) >= 11 is 2.34. The molecular weight excluding hydrogens is 272 g/mol. The maximum absolute atomic E-state index is 11.2. The zero-order valence-electron chi connectivity index (χ0n) is 9.75. The lowest BCUT2D eigenvalue weighted by molar-refractivity contribution is -0.160. The molecule has 0 saturated heterocycles. The molecule has 0 radical (unpaired) electrons. The fourth-order valence-corrected chi connectivity index (χ4v) is 2.49. The van der Waals surface area contributed by atoms with Gasteiger partial charge in [0.25, 0.3) is 0 Å². The minimum absolute atomic E-state index is 0.0534. The van der Waals surface area contributed by atoms with Crippen molar-refractivity contribution in [3.8, 4) is 10.6 Å². The molecule has 2 heterocycles. The molecule has 0 bridgehead atoms. The van der Waals surface area contributed by atoms with E-state index in [1.165, 1.54) is 18.4 Å². The van der Waals surface area contributed by atoms with Crippen LogP contribution in [0.5, 0.6) is 0 Å². The molecule has 0 saturated carbocycles. The van der Waals surface area contributed by atoms with Gasteiger partial charge >= 0.3 is 0 Å². The van der Waals surface area contributed by atoms with Crippen molar-refractivity contribution in [3.63, 3.8) is 0 Å². The van der Waals surface area contributed by atoms with Gasteiger partial charge in [-0.2, -0.15) is 4.33 Å². The number of hydrogen-bond donors (Lipinski definition) is 0. The van der Waals surface area contributed by atoms with Gasteiger partial charge in [-0.3, -0.25) is 4.79 Å². The molecule has 7 heteroatoms. The third-order valence-electron chi connectivity index (χ3n) is 2.02. The fourth-order valence-electron chi connectivity index (χ4n) is 1.25. The van der Waals surface area contributed by atoms with Crippen molar-refractivity contribution >= 4 is 29.2 Å².